The van der Waals surface area contributed by atoms with E-state index in [4.69, 9.17) is 5.73 Å². The molecule has 1 amide bonds. The van der Waals surface area contributed by atoms with Gasteiger partial charge in [-0.15, -0.1) is 0 Å². The average molecular weight is 173 g/mol. The largest absolute Gasteiger partial charge is 0.368 e. The molecule has 0 bridgehead atoms. The molecule has 1 atom stereocenters. The summed E-state index contributed by atoms with van der Waals surface area (Å²) in [7, 11) is 1.75. The van der Waals surface area contributed by atoms with Gasteiger partial charge in [-0.3, -0.25) is 4.79 Å². The molecule has 0 unspecified atom stereocenters. The maximum absolute atomic E-state index is 10.8. The number of carbonyl (C=O) groups is 1. The molecule has 0 rings (SSSR count). The summed E-state index contributed by atoms with van der Waals surface area (Å²) in [6.45, 7) is 6.72. The Bertz CT molecular complexity index is 134. The summed E-state index contributed by atoms with van der Waals surface area (Å²) < 4.78 is 0. The van der Waals surface area contributed by atoms with E-state index in [9.17, 15) is 4.79 Å². The highest BCUT2D eigenvalue weighted by atomic mass is 16.1. The summed E-state index contributed by atoms with van der Waals surface area (Å²) in [6, 6.07) is -0.232. The van der Waals surface area contributed by atoms with Crippen LogP contribution in [0, 0.1) is 0 Å². The van der Waals surface area contributed by atoms with Crippen LogP contribution in [0.4, 0.5) is 0 Å². The van der Waals surface area contributed by atoms with E-state index >= 15 is 0 Å². The van der Waals surface area contributed by atoms with E-state index in [1.165, 1.54) is 0 Å². The summed E-state index contributed by atoms with van der Waals surface area (Å²) in [5.74, 6) is -0.288. The number of nitrogens with zero attached hydrogens (tertiary/aromatic N) is 1. The summed E-state index contributed by atoms with van der Waals surface area (Å²) >= 11 is 0. The first-order valence-electron chi connectivity index (χ1n) is 4.34. The Morgan fingerprint density at radius 3 is 2.25 bits per heavy atom. The van der Waals surface area contributed by atoms with Crippen molar-refractivity contribution in [2.45, 2.75) is 19.9 Å². The molecular weight excluding hydrogens is 154 g/mol. The molecule has 0 aliphatic carbocycles. The highest BCUT2D eigenvalue weighted by Crippen LogP contribution is 1.90. The Labute approximate surface area is 74.1 Å². The smallest absolute Gasteiger partial charge is 0.235 e. The van der Waals surface area contributed by atoms with Gasteiger partial charge in [0, 0.05) is 6.54 Å². The Balaban J connectivity index is 3.91. The fraction of sp³-hybridized carbons (Fsp3) is 0.875. The van der Waals surface area contributed by atoms with E-state index in [-0.39, 0.29) is 11.9 Å². The third-order valence-corrected chi connectivity index (χ3v) is 2.03. The Hall–Kier alpha value is -0.610. The first-order valence-corrected chi connectivity index (χ1v) is 4.34. The van der Waals surface area contributed by atoms with Gasteiger partial charge in [0.1, 0.15) is 0 Å². The number of rotatable bonds is 6. The number of hydrogen-bond acceptors (Lipinski definition) is 3. The van der Waals surface area contributed by atoms with Gasteiger partial charge in [-0.25, -0.2) is 0 Å². The van der Waals surface area contributed by atoms with Gasteiger partial charge >= 0.3 is 0 Å². The van der Waals surface area contributed by atoms with Crippen LogP contribution in [0.2, 0.25) is 0 Å². The van der Waals surface area contributed by atoms with Gasteiger partial charge in [-0.1, -0.05) is 13.8 Å². The van der Waals surface area contributed by atoms with Crippen LogP contribution in [0.25, 0.3) is 0 Å². The molecule has 0 aromatic carbocycles. The Kier molecular flexibility index (Phi) is 5.66. The van der Waals surface area contributed by atoms with Crippen molar-refractivity contribution in [3.05, 3.63) is 0 Å². The van der Waals surface area contributed by atoms with E-state index in [1.807, 2.05) is 0 Å². The maximum atomic E-state index is 10.8. The second-order valence-electron chi connectivity index (χ2n) is 2.73. The third kappa shape index (κ3) is 3.69. The minimum absolute atomic E-state index is 0.232. The first-order chi connectivity index (χ1) is 5.65. The Morgan fingerprint density at radius 1 is 1.50 bits per heavy atom. The van der Waals surface area contributed by atoms with E-state index in [0.717, 1.165) is 13.1 Å². The molecule has 0 aromatic rings. The summed E-state index contributed by atoms with van der Waals surface area (Å²) in [4.78, 5) is 13.0. The molecule has 0 saturated carbocycles. The summed E-state index contributed by atoms with van der Waals surface area (Å²) in [5.41, 5.74) is 5.18. The van der Waals surface area contributed by atoms with Gasteiger partial charge in [0.15, 0.2) is 0 Å². The van der Waals surface area contributed by atoms with Crippen molar-refractivity contribution >= 4 is 5.91 Å². The lowest BCUT2D eigenvalue weighted by Crippen LogP contribution is -2.47. The van der Waals surface area contributed by atoms with Crippen LogP contribution in [0.1, 0.15) is 13.8 Å². The summed E-state index contributed by atoms with van der Waals surface area (Å²) in [5, 5.41) is 2.88. The van der Waals surface area contributed by atoms with Crippen LogP contribution in [-0.2, 0) is 4.79 Å². The highest BCUT2D eigenvalue weighted by Gasteiger charge is 2.14. The van der Waals surface area contributed by atoms with Crippen LogP contribution >= 0.6 is 0 Å². The maximum Gasteiger partial charge on any atom is 0.235 e. The lowest BCUT2D eigenvalue weighted by molar-refractivity contribution is -0.120. The average Bonchev–Trinajstić information content (AvgIpc) is 2.06. The number of nitrogens with one attached hydrogen (secondary N) is 1. The van der Waals surface area contributed by atoms with Gasteiger partial charge in [-0.05, 0) is 20.1 Å². The molecule has 0 heterocycles. The topological polar surface area (TPSA) is 58.4 Å². The zero-order chi connectivity index (χ0) is 9.56. The van der Waals surface area contributed by atoms with Gasteiger partial charge in [0.05, 0.1) is 6.04 Å². The van der Waals surface area contributed by atoms with E-state index in [1.54, 1.807) is 7.05 Å². The lowest BCUT2D eigenvalue weighted by Gasteiger charge is -2.22. The van der Waals surface area contributed by atoms with Crippen LogP contribution in [-0.4, -0.2) is 43.5 Å². The number of hydrogen-bond donors (Lipinski definition) is 2. The fourth-order valence-electron chi connectivity index (χ4n) is 1.06. The molecule has 12 heavy (non-hydrogen) atoms. The standard InChI is InChI=1S/C8H19N3O/c1-4-11(5-2)6-7(10-3)8(9)12/h7,10H,4-6H2,1-3H3,(H2,9,12)/t7-/m1/s1. The van der Waals surface area contributed by atoms with E-state index in [2.05, 4.69) is 24.1 Å². The van der Waals surface area contributed by atoms with E-state index in [0.29, 0.717) is 6.54 Å². The molecule has 72 valence electrons. The molecule has 3 N–H and O–H groups in total. The lowest BCUT2D eigenvalue weighted by atomic mass is 10.2. The predicted octanol–water partition coefficient (Wildman–Crippen LogP) is -0.598. The molecule has 4 nitrogen and oxygen atoms in total. The molecule has 0 saturated heterocycles. The number of likely N-dealkylation sites (N-methyl/N-ethyl adjacent to an activating group) is 2. The summed E-state index contributed by atoms with van der Waals surface area (Å²) in [6.07, 6.45) is 0. The van der Waals surface area contributed by atoms with Crippen LogP contribution < -0.4 is 11.1 Å². The van der Waals surface area contributed by atoms with Crippen molar-refractivity contribution in [3.63, 3.8) is 0 Å². The van der Waals surface area contributed by atoms with Crippen molar-refractivity contribution in [3.8, 4) is 0 Å². The zero-order valence-corrected chi connectivity index (χ0v) is 8.13. The van der Waals surface area contributed by atoms with Crippen molar-refractivity contribution in [2.75, 3.05) is 26.7 Å². The highest BCUT2D eigenvalue weighted by molar-refractivity contribution is 5.80. The van der Waals surface area contributed by atoms with Gasteiger partial charge in [-0.2, -0.15) is 0 Å². The van der Waals surface area contributed by atoms with Crippen molar-refractivity contribution < 1.29 is 4.79 Å². The molecule has 0 spiro atoms. The molecule has 0 fully saturated rings. The van der Waals surface area contributed by atoms with Gasteiger partial charge < -0.3 is 16.0 Å². The SMILES string of the molecule is CCN(CC)C[C@@H](NC)C(N)=O. The number of primary amides is 1. The normalized spacial score (nSPS) is 13.3. The van der Waals surface area contributed by atoms with Crippen molar-refractivity contribution in [1.82, 2.24) is 10.2 Å². The van der Waals surface area contributed by atoms with Crippen LogP contribution in [0.5, 0.6) is 0 Å². The first kappa shape index (κ1) is 11.4. The van der Waals surface area contributed by atoms with E-state index < -0.39 is 0 Å². The molecule has 0 aliphatic rings. The fourth-order valence-corrected chi connectivity index (χ4v) is 1.06. The molecular formula is C8H19N3O. The minimum Gasteiger partial charge on any atom is -0.368 e. The third-order valence-electron chi connectivity index (χ3n) is 2.03. The molecule has 0 aromatic heterocycles. The number of amides is 1. The second-order valence-corrected chi connectivity index (χ2v) is 2.73. The molecule has 0 aliphatic heterocycles. The number of nitrogens with two attached hydrogens (primary N) is 1. The van der Waals surface area contributed by atoms with Crippen LogP contribution in [0.15, 0.2) is 0 Å². The monoisotopic (exact) mass is 173 g/mol. The van der Waals surface area contributed by atoms with Crippen molar-refractivity contribution in [2.24, 2.45) is 5.73 Å². The minimum atomic E-state index is -0.288. The van der Waals surface area contributed by atoms with Gasteiger partial charge in [0.2, 0.25) is 5.91 Å². The molecule has 4 heteroatoms. The molecule has 0 radical (unpaired) electrons. The second kappa shape index (κ2) is 5.97. The quantitative estimate of drug-likeness (QED) is 0.564. The predicted molar refractivity (Wildman–Crippen MR) is 49.8 cm³/mol. The Morgan fingerprint density at radius 2 is 2.00 bits per heavy atom. The van der Waals surface area contributed by atoms with Gasteiger partial charge in [0.25, 0.3) is 0 Å². The number of carbonyl (C=O) groups excluding carboxylic acids is 1. The zero-order valence-electron chi connectivity index (χ0n) is 8.13. The van der Waals surface area contributed by atoms with Crippen LogP contribution in [0.3, 0.4) is 0 Å². The van der Waals surface area contributed by atoms with Crippen molar-refractivity contribution in [1.29, 1.82) is 0 Å².